The van der Waals surface area contributed by atoms with Crippen molar-refractivity contribution in [3.63, 3.8) is 0 Å². The van der Waals surface area contributed by atoms with Crippen LogP contribution < -0.4 is 0 Å². The van der Waals surface area contributed by atoms with E-state index in [1.165, 1.54) is 12.1 Å². The molecule has 0 N–H and O–H groups in total. The van der Waals surface area contributed by atoms with E-state index in [9.17, 15) is 13.2 Å². The Kier molecular flexibility index (Phi) is 4.47. The second kappa shape index (κ2) is 7.32. The molecule has 152 valence electrons. The second-order valence-electron chi connectivity index (χ2n) is 6.81. The molecule has 0 bridgehead atoms. The number of hydrogen-bond acceptors (Lipinski definition) is 5. The Balaban J connectivity index is 1.60. The third-order valence-corrected chi connectivity index (χ3v) is 4.82. The zero-order chi connectivity index (χ0) is 21.4. The molecule has 5 nitrogen and oxygen atoms in total. The number of para-hydroxylation sites is 1. The smallest absolute Gasteiger partial charge is 0.334 e. The first-order valence-corrected chi connectivity index (χ1v) is 9.31. The van der Waals surface area contributed by atoms with Gasteiger partial charge in [0.15, 0.2) is 0 Å². The molecule has 0 aliphatic rings. The van der Waals surface area contributed by atoms with Gasteiger partial charge in [-0.1, -0.05) is 35.5 Å². The summed E-state index contributed by atoms with van der Waals surface area (Å²) >= 11 is 0. The molecule has 0 saturated carbocycles. The van der Waals surface area contributed by atoms with Crippen molar-refractivity contribution < 1.29 is 17.7 Å². The zero-order valence-corrected chi connectivity index (χ0v) is 15.8. The first-order valence-electron chi connectivity index (χ1n) is 9.31. The number of benzene rings is 2. The van der Waals surface area contributed by atoms with Crippen LogP contribution in [0.1, 0.15) is 5.56 Å². The highest BCUT2D eigenvalue weighted by molar-refractivity contribution is 5.94. The van der Waals surface area contributed by atoms with E-state index in [2.05, 4.69) is 15.1 Å². The molecule has 0 aliphatic heterocycles. The Labute approximate surface area is 174 Å². The number of rotatable bonds is 3. The molecule has 0 unspecified atom stereocenters. The van der Waals surface area contributed by atoms with Crippen LogP contribution >= 0.6 is 0 Å². The van der Waals surface area contributed by atoms with E-state index in [1.807, 2.05) is 42.5 Å². The minimum atomic E-state index is -4.40. The molecule has 0 atom stereocenters. The van der Waals surface area contributed by atoms with Crippen molar-refractivity contribution in [1.29, 1.82) is 0 Å². The summed E-state index contributed by atoms with van der Waals surface area (Å²) in [5, 5.41) is 4.79. The van der Waals surface area contributed by atoms with Crippen LogP contribution in [0.5, 0.6) is 0 Å². The highest BCUT2D eigenvalue weighted by Gasteiger charge is 2.30. The van der Waals surface area contributed by atoms with Gasteiger partial charge in [0, 0.05) is 28.9 Å². The number of hydrogen-bond donors (Lipinski definition) is 0. The SMILES string of the molecule is FC(F)(F)c1ccc(-c2noc(-c3cc(-c4ccncc4)nc4ccccc34)n2)cc1. The Hall–Kier alpha value is -4.07. The van der Waals surface area contributed by atoms with Crippen molar-refractivity contribution in [3.05, 3.63) is 84.7 Å². The van der Waals surface area contributed by atoms with E-state index < -0.39 is 11.7 Å². The first-order chi connectivity index (χ1) is 15.0. The van der Waals surface area contributed by atoms with Gasteiger partial charge in [-0.3, -0.25) is 4.98 Å². The Bertz CT molecular complexity index is 1360. The molecule has 0 amide bonds. The van der Waals surface area contributed by atoms with Gasteiger partial charge in [0.25, 0.3) is 5.89 Å². The topological polar surface area (TPSA) is 64.7 Å². The summed E-state index contributed by atoms with van der Waals surface area (Å²) in [5.74, 6) is 0.457. The molecule has 0 fully saturated rings. The van der Waals surface area contributed by atoms with E-state index in [0.29, 0.717) is 16.8 Å². The molecule has 31 heavy (non-hydrogen) atoms. The van der Waals surface area contributed by atoms with Gasteiger partial charge in [-0.15, -0.1) is 0 Å². The van der Waals surface area contributed by atoms with Gasteiger partial charge in [0.05, 0.1) is 22.3 Å². The third kappa shape index (κ3) is 3.63. The maximum atomic E-state index is 12.8. The summed E-state index contributed by atoms with van der Waals surface area (Å²) in [7, 11) is 0. The summed E-state index contributed by atoms with van der Waals surface area (Å²) in [6.45, 7) is 0. The molecular weight excluding hydrogens is 405 g/mol. The van der Waals surface area contributed by atoms with Gasteiger partial charge in [-0.25, -0.2) is 4.98 Å². The van der Waals surface area contributed by atoms with Crippen molar-refractivity contribution in [2.75, 3.05) is 0 Å². The van der Waals surface area contributed by atoms with Crippen LogP contribution in [0, 0.1) is 0 Å². The second-order valence-corrected chi connectivity index (χ2v) is 6.81. The molecule has 0 aliphatic carbocycles. The lowest BCUT2D eigenvalue weighted by molar-refractivity contribution is -0.137. The van der Waals surface area contributed by atoms with Crippen molar-refractivity contribution in [1.82, 2.24) is 20.1 Å². The highest BCUT2D eigenvalue weighted by atomic mass is 19.4. The molecule has 0 radical (unpaired) electrons. The molecular formula is C23H13F3N4O. The lowest BCUT2D eigenvalue weighted by Crippen LogP contribution is -2.04. The van der Waals surface area contributed by atoms with E-state index in [4.69, 9.17) is 9.51 Å². The largest absolute Gasteiger partial charge is 0.416 e. The number of fused-ring (bicyclic) bond motifs is 1. The lowest BCUT2D eigenvalue weighted by Gasteiger charge is -2.07. The van der Waals surface area contributed by atoms with Gasteiger partial charge in [0.1, 0.15) is 0 Å². The summed E-state index contributed by atoms with van der Waals surface area (Å²) < 4.78 is 43.9. The van der Waals surface area contributed by atoms with Crippen molar-refractivity contribution in [2.45, 2.75) is 6.18 Å². The quantitative estimate of drug-likeness (QED) is 0.358. The fourth-order valence-electron chi connectivity index (χ4n) is 3.28. The van der Waals surface area contributed by atoms with Crippen molar-refractivity contribution in [2.24, 2.45) is 0 Å². The van der Waals surface area contributed by atoms with E-state index >= 15 is 0 Å². The van der Waals surface area contributed by atoms with E-state index in [0.717, 1.165) is 28.6 Å². The fourth-order valence-corrected chi connectivity index (χ4v) is 3.28. The van der Waals surface area contributed by atoms with Gasteiger partial charge >= 0.3 is 6.18 Å². The number of alkyl halides is 3. The third-order valence-electron chi connectivity index (χ3n) is 4.82. The molecule has 8 heteroatoms. The predicted molar refractivity (Wildman–Crippen MR) is 109 cm³/mol. The summed E-state index contributed by atoms with van der Waals surface area (Å²) in [6, 6.07) is 17.7. The molecule has 3 heterocycles. The highest BCUT2D eigenvalue weighted by Crippen LogP contribution is 2.33. The molecule has 0 spiro atoms. The average Bonchev–Trinajstić information content (AvgIpc) is 3.28. The van der Waals surface area contributed by atoms with Crippen LogP contribution in [0.3, 0.4) is 0 Å². The Morgan fingerprint density at radius 1 is 0.774 bits per heavy atom. The normalized spacial score (nSPS) is 11.7. The van der Waals surface area contributed by atoms with Crippen LogP contribution in [0.15, 0.2) is 83.6 Å². The molecule has 2 aromatic carbocycles. The van der Waals surface area contributed by atoms with Gasteiger partial charge in [-0.05, 0) is 36.4 Å². The summed E-state index contributed by atoms with van der Waals surface area (Å²) in [4.78, 5) is 13.2. The van der Waals surface area contributed by atoms with E-state index in [-0.39, 0.29) is 11.7 Å². The number of pyridine rings is 2. The number of aromatic nitrogens is 4. The first kappa shape index (κ1) is 18.9. The maximum Gasteiger partial charge on any atom is 0.416 e. The Morgan fingerprint density at radius 3 is 2.26 bits per heavy atom. The zero-order valence-electron chi connectivity index (χ0n) is 15.8. The van der Waals surface area contributed by atoms with Crippen LogP contribution in [0.25, 0.3) is 45.0 Å². The molecule has 5 rings (SSSR count). The maximum absolute atomic E-state index is 12.8. The van der Waals surface area contributed by atoms with Gasteiger partial charge in [0.2, 0.25) is 5.82 Å². The van der Waals surface area contributed by atoms with Crippen molar-refractivity contribution in [3.8, 4) is 34.1 Å². The van der Waals surface area contributed by atoms with Crippen LogP contribution in [0.4, 0.5) is 13.2 Å². The minimum absolute atomic E-state index is 0.204. The fraction of sp³-hybridized carbons (Fsp3) is 0.0435. The number of halogens is 3. The standard InChI is InChI=1S/C23H13F3N4O/c24-23(25,26)16-7-5-15(6-8-16)21-29-22(31-30-21)18-13-20(14-9-11-27-12-10-14)28-19-4-2-1-3-17(18)19/h1-13H. The monoisotopic (exact) mass is 418 g/mol. The van der Waals surface area contributed by atoms with Crippen LogP contribution in [0.2, 0.25) is 0 Å². The summed E-state index contributed by atoms with van der Waals surface area (Å²) in [5.41, 5.74) is 2.72. The van der Waals surface area contributed by atoms with Crippen LogP contribution in [-0.4, -0.2) is 20.1 Å². The molecule has 0 saturated heterocycles. The van der Waals surface area contributed by atoms with Crippen molar-refractivity contribution >= 4 is 10.9 Å². The molecule has 5 aromatic rings. The van der Waals surface area contributed by atoms with Crippen LogP contribution in [-0.2, 0) is 6.18 Å². The predicted octanol–water partition coefficient (Wildman–Crippen LogP) is 6.03. The summed E-state index contributed by atoms with van der Waals surface area (Å²) in [6.07, 6.45) is -1.04. The lowest BCUT2D eigenvalue weighted by atomic mass is 10.0. The van der Waals surface area contributed by atoms with Gasteiger partial charge < -0.3 is 4.52 Å². The van der Waals surface area contributed by atoms with Gasteiger partial charge in [-0.2, -0.15) is 18.2 Å². The number of nitrogens with zero attached hydrogens (tertiary/aromatic N) is 4. The minimum Gasteiger partial charge on any atom is -0.334 e. The van der Waals surface area contributed by atoms with E-state index in [1.54, 1.807) is 12.4 Å². The average molecular weight is 418 g/mol. The Morgan fingerprint density at radius 2 is 1.52 bits per heavy atom. The molecule has 3 aromatic heterocycles.